The van der Waals surface area contributed by atoms with E-state index in [-0.39, 0.29) is 18.2 Å². The summed E-state index contributed by atoms with van der Waals surface area (Å²) in [5.74, 6) is -1.91. The summed E-state index contributed by atoms with van der Waals surface area (Å²) in [6, 6.07) is -0.322. The third kappa shape index (κ3) is 4.59. The van der Waals surface area contributed by atoms with Gasteiger partial charge in [0.05, 0.1) is 28.5 Å². The normalized spacial score (nSPS) is 13.2. The number of aliphatic carboxylic acids is 1. The first-order valence-electron chi connectivity index (χ1n) is 5.22. The molecule has 0 saturated carbocycles. The number of sulfonamides is 1. The first-order chi connectivity index (χ1) is 9.73. The van der Waals surface area contributed by atoms with Crippen molar-refractivity contribution in [1.29, 1.82) is 0 Å². The molecule has 0 fully saturated rings. The topological polar surface area (TPSA) is 86.3 Å². The molecule has 0 aromatic heterocycles. The zero-order chi connectivity index (χ0) is 17.3. The number of rotatable bonds is 4. The summed E-state index contributed by atoms with van der Waals surface area (Å²) in [7, 11) is -4.89. The molecule has 0 heterocycles. The lowest BCUT2D eigenvalue weighted by atomic mass is 10.1. The average molecular weight is 350 g/mol. The number of carbonyl (C=O) groups is 1. The van der Waals surface area contributed by atoms with Crippen LogP contribution in [0.5, 0.6) is 0 Å². The van der Waals surface area contributed by atoms with Gasteiger partial charge in [0.1, 0.15) is 0 Å². The number of nitrogens with one attached hydrogen (secondary N) is 1. The Morgan fingerprint density at radius 3 is 1.73 bits per heavy atom. The highest BCUT2D eigenvalue weighted by molar-refractivity contribution is 7.89. The van der Waals surface area contributed by atoms with Crippen molar-refractivity contribution in [1.82, 2.24) is 4.72 Å². The van der Waals surface area contributed by atoms with E-state index in [0.717, 1.165) is 0 Å². The maximum Gasteiger partial charge on any atom is 0.416 e. The lowest BCUT2D eigenvalue weighted by Gasteiger charge is -2.15. The standard InChI is InChI=1S/C10H7F6NO4S/c11-9(12,13)5-1-6(10(14,15)16)3-7(2-5)22(20,21)17-4-8(18)19/h1-3,17H,4H2,(H,18,19)/p-1. The summed E-state index contributed by atoms with van der Waals surface area (Å²) in [5.41, 5.74) is -3.67. The second-order valence-electron chi connectivity index (χ2n) is 3.94. The molecule has 1 aromatic rings. The van der Waals surface area contributed by atoms with Gasteiger partial charge in [-0.05, 0) is 18.2 Å². The summed E-state index contributed by atoms with van der Waals surface area (Å²) in [5, 5.41) is 10.1. The average Bonchev–Trinajstić information content (AvgIpc) is 2.34. The van der Waals surface area contributed by atoms with Crippen molar-refractivity contribution in [2.75, 3.05) is 6.54 Å². The van der Waals surface area contributed by atoms with Gasteiger partial charge in [0.2, 0.25) is 10.0 Å². The Labute approximate surface area is 119 Å². The van der Waals surface area contributed by atoms with Crippen molar-refractivity contribution in [3.05, 3.63) is 29.3 Å². The summed E-state index contributed by atoms with van der Waals surface area (Å²) in [6.45, 7) is -1.31. The van der Waals surface area contributed by atoms with Gasteiger partial charge in [-0.3, -0.25) is 0 Å². The number of hydrogen-bond acceptors (Lipinski definition) is 4. The third-order valence-electron chi connectivity index (χ3n) is 2.28. The van der Waals surface area contributed by atoms with Crippen LogP contribution in [-0.2, 0) is 27.2 Å². The summed E-state index contributed by atoms with van der Waals surface area (Å²) in [6.07, 6.45) is -10.4. The molecule has 0 radical (unpaired) electrons. The number of benzene rings is 1. The highest BCUT2D eigenvalue weighted by Crippen LogP contribution is 2.37. The Morgan fingerprint density at radius 2 is 1.41 bits per heavy atom. The molecular formula is C10H6F6NO4S-. The van der Waals surface area contributed by atoms with Crippen LogP contribution in [0, 0.1) is 0 Å². The van der Waals surface area contributed by atoms with Crippen molar-refractivity contribution in [3.63, 3.8) is 0 Å². The minimum absolute atomic E-state index is 0.0349. The van der Waals surface area contributed by atoms with Crippen LogP contribution >= 0.6 is 0 Å². The zero-order valence-electron chi connectivity index (χ0n) is 10.2. The first kappa shape index (κ1) is 18.2. The van der Waals surface area contributed by atoms with Gasteiger partial charge in [-0.25, -0.2) is 13.1 Å². The summed E-state index contributed by atoms with van der Waals surface area (Å²) >= 11 is 0. The van der Waals surface area contributed by atoms with E-state index in [0.29, 0.717) is 0 Å². The number of carbonyl (C=O) groups excluding carboxylic acids is 1. The molecule has 22 heavy (non-hydrogen) atoms. The number of alkyl halides is 6. The van der Waals surface area contributed by atoms with Gasteiger partial charge in [0, 0.05) is 0 Å². The molecule has 0 bridgehead atoms. The Balaban J connectivity index is 3.45. The van der Waals surface area contributed by atoms with Crippen LogP contribution in [0.1, 0.15) is 11.1 Å². The number of carboxylic acid groups (broad SMARTS) is 1. The molecule has 0 unspecified atom stereocenters. The van der Waals surface area contributed by atoms with E-state index in [4.69, 9.17) is 0 Å². The van der Waals surface area contributed by atoms with Crippen LogP contribution in [-0.4, -0.2) is 20.9 Å². The highest BCUT2D eigenvalue weighted by atomic mass is 32.2. The quantitative estimate of drug-likeness (QED) is 0.812. The van der Waals surface area contributed by atoms with Crippen molar-refractivity contribution >= 4 is 16.0 Å². The van der Waals surface area contributed by atoms with E-state index in [9.17, 15) is 44.7 Å². The molecule has 0 aliphatic rings. The molecule has 0 aliphatic heterocycles. The Morgan fingerprint density at radius 1 is 1.00 bits per heavy atom. The van der Waals surface area contributed by atoms with Crippen LogP contribution in [0.25, 0.3) is 0 Å². The highest BCUT2D eigenvalue weighted by Gasteiger charge is 2.38. The fourth-order valence-electron chi connectivity index (χ4n) is 1.32. The van der Waals surface area contributed by atoms with Gasteiger partial charge in [-0.15, -0.1) is 0 Å². The molecular weight excluding hydrogens is 344 g/mol. The van der Waals surface area contributed by atoms with Crippen molar-refractivity contribution in [3.8, 4) is 0 Å². The van der Waals surface area contributed by atoms with Gasteiger partial charge in [-0.1, -0.05) is 0 Å². The molecule has 0 amide bonds. The van der Waals surface area contributed by atoms with Crippen LogP contribution in [0.4, 0.5) is 26.3 Å². The minimum atomic E-state index is -5.22. The molecule has 0 saturated heterocycles. The molecule has 1 N–H and O–H groups in total. The SMILES string of the molecule is O=C([O-])CNS(=O)(=O)c1cc(C(F)(F)F)cc(C(F)(F)F)c1. The van der Waals surface area contributed by atoms with Crippen LogP contribution in [0.3, 0.4) is 0 Å². The van der Waals surface area contributed by atoms with Crippen LogP contribution in [0.15, 0.2) is 23.1 Å². The Hall–Kier alpha value is -1.82. The van der Waals surface area contributed by atoms with E-state index < -0.39 is 50.9 Å². The van der Waals surface area contributed by atoms with Crippen LogP contribution < -0.4 is 9.83 Å². The van der Waals surface area contributed by atoms with E-state index >= 15 is 0 Å². The largest absolute Gasteiger partial charge is 0.549 e. The van der Waals surface area contributed by atoms with E-state index in [1.54, 1.807) is 0 Å². The molecule has 1 rings (SSSR count). The lowest BCUT2D eigenvalue weighted by Crippen LogP contribution is -2.37. The molecule has 0 aliphatic carbocycles. The second kappa shape index (κ2) is 5.76. The van der Waals surface area contributed by atoms with Gasteiger partial charge >= 0.3 is 12.4 Å². The first-order valence-corrected chi connectivity index (χ1v) is 6.71. The number of carboxylic acids is 1. The lowest BCUT2D eigenvalue weighted by molar-refractivity contribution is -0.303. The molecule has 1 aromatic carbocycles. The van der Waals surface area contributed by atoms with E-state index in [2.05, 4.69) is 0 Å². The van der Waals surface area contributed by atoms with Gasteiger partial charge in [-0.2, -0.15) is 26.3 Å². The monoisotopic (exact) mass is 350 g/mol. The van der Waals surface area contributed by atoms with E-state index in [1.807, 2.05) is 0 Å². The Bertz CT molecular complexity index is 647. The number of halogens is 6. The molecule has 12 heteroatoms. The molecule has 5 nitrogen and oxygen atoms in total. The van der Waals surface area contributed by atoms with Crippen molar-refractivity contribution in [2.45, 2.75) is 17.2 Å². The van der Waals surface area contributed by atoms with Gasteiger partial charge < -0.3 is 9.90 Å². The molecule has 0 spiro atoms. The van der Waals surface area contributed by atoms with E-state index in [1.165, 1.54) is 4.72 Å². The third-order valence-corrected chi connectivity index (χ3v) is 3.66. The fourth-order valence-corrected chi connectivity index (χ4v) is 2.36. The van der Waals surface area contributed by atoms with Gasteiger partial charge in [0.15, 0.2) is 0 Å². The molecule has 124 valence electrons. The predicted octanol–water partition coefficient (Wildman–Crippen LogP) is 0.752. The maximum atomic E-state index is 12.6. The fraction of sp³-hybridized carbons (Fsp3) is 0.300. The zero-order valence-corrected chi connectivity index (χ0v) is 11.1. The Kier molecular flexibility index (Phi) is 4.77. The smallest absolute Gasteiger partial charge is 0.416 e. The second-order valence-corrected chi connectivity index (χ2v) is 5.71. The van der Waals surface area contributed by atoms with Crippen molar-refractivity contribution in [2.24, 2.45) is 0 Å². The van der Waals surface area contributed by atoms with Gasteiger partial charge in [0.25, 0.3) is 0 Å². The summed E-state index contributed by atoms with van der Waals surface area (Å²) in [4.78, 5) is 8.77. The molecule has 0 atom stereocenters. The number of hydrogen-bond donors (Lipinski definition) is 1. The summed E-state index contributed by atoms with van der Waals surface area (Å²) < 4.78 is 99.7. The van der Waals surface area contributed by atoms with Crippen LogP contribution in [0.2, 0.25) is 0 Å². The minimum Gasteiger partial charge on any atom is -0.549 e. The predicted molar refractivity (Wildman–Crippen MR) is 56.6 cm³/mol. The maximum absolute atomic E-state index is 12.6. The van der Waals surface area contributed by atoms with Crippen molar-refractivity contribution < 1.29 is 44.7 Å².